The van der Waals surface area contributed by atoms with Gasteiger partial charge in [-0.3, -0.25) is 0 Å². The maximum atomic E-state index is 11.9. The Morgan fingerprint density at radius 1 is 0.750 bits per heavy atom. The summed E-state index contributed by atoms with van der Waals surface area (Å²) in [7, 11) is 0. The molecule has 0 spiro atoms. The van der Waals surface area contributed by atoms with Crippen molar-refractivity contribution in [2.45, 2.75) is 52.9 Å². The zero-order valence-electron chi connectivity index (χ0n) is 14.0. The molecule has 0 fully saturated rings. The molecule has 0 saturated heterocycles. The number of hydrogen-bond acceptors (Lipinski definition) is 8. The summed E-state index contributed by atoms with van der Waals surface area (Å²) < 4.78 is 19.7. The number of aliphatic hydroxyl groups is 2. The molecular weight excluding hydrogens is 320 g/mol. The highest BCUT2D eigenvalue weighted by Crippen LogP contribution is 2.11. The third-order valence-corrected chi connectivity index (χ3v) is 2.68. The first kappa shape index (κ1) is 20.0. The van der Waals surface area contributed by atoms with E-state index in [2.05, 4.69) is 0 Å². The van der Waals surface area contributed by atoms with Crippen LogP contribution in [0.2, 0.25) is 0 Å². The van der Waals surface area contributed by atoms with E-state index in [1.807, 2.05) is 0 Å². The molecule has 1 aromatic carbocycles. The highest BCUT2D eigenvalue weighted by atomic mass is 16.7. The maximum absolute atomic E-state index is 11.9. The summed E-state index contributed by atoms with van der Waals surface area (Å²) in [4.78, 5) is 23.7. The van der Waals surface area contributed by atoms with Crippen molar-refractivity contribution >= 4 is 11.9 Å². The molecule has 1 rings (SSSR count). The molecule has 0 amide bonds. The quantitative estimate of drug-likeness (QED) is 0.539. The Bertz CT molecular complexity index is 489. The highest BCUT2D eigenvalue weighted by Gasteiger charge is 2.17. The smallest absolute Gasteiger partial charge is 0.340 e. The van der Waals surface area contributed by atoms with E-state index in [0.717, 1.165) is 0 Å². The van der Waals surface area contributed by atoms with Gasteiger partial charge in [0.15, 0.2) is 12.6 Å². The van der Waals surface area contributed by atoms with Crippen molar-refractivity contribution in [3.63, 3.8) is 0 Å². The fourth-order valence-corrected chi connectivity index (χ4v) is 1.79. The maximum Gasteiger partial charge on any atom is 0.340 e. The van der Waals surface area contributed by atoms with Gasteiger partial charge in [-0.1, -0.05) is 0 Å². The number of rotatable bonds is 8. The molecule has 1 aromatic rings. The minimum atomic E-state index is -1.06. The van der Waals surface area contributed by atoms with Crippen molar-refractivity contribution in [2.75, 3.05) is 0 Å². The molecule has 0 heterocycles. The van der Waals surface area contributed by atoms with Crippen LogP contribution < -0.4 is 0 Å². The Morgan fingerprint density at radius 2 is 1.04 bits per heavy atom. The van der Waals surface area contributed by atoms with Gasteiger partial charge in [0.25, 0.3) is 0 Å². The number of ether oxygens (including phenoxy) is 4. The summed E-state index contributed by atoms with van der Waals surface area (Å²) in [6.07, 6.45) is -3.95. The molecule has 0 aliphatic rings. The van der Waals surface area contributed by atoms with Gasteiger partial charge >= 0.3 is 11.9 Å². The fraction of sp³-hybridized carbons (Fsp3) is 0.500. The van der Waals surface area contributed by atoms with Crippen LogP contribution in [0.5, 0.6) is 0 Å². The minimum Gasteiger partial charge on any atom is -0.432 e. The van der Waals surface area contributed by atoms with Gasteiger partial charge in [-0.15, -0.1) is 0 Å². The molecule has 0 bridgehead atoms. The van der Waals surface area contributed by atoms with Gasteiger partial charge in [-0.2, -0.15) is 0 Å². The predicted octanol–water partition coefficient (Wildman–Crippen LogP) is 1.40. The monoisotopic (exact) mass is 342 g/mol. The van der Waals surface area contributed by atoms with Gasteiger partial charge < -0.3 is 29.2 Å². The molecule has 0 aliphatic carbocycles. The highest BCUT2D eigenvalue weighted by molar-refractivity contribution is 5.93. The van der Waals surface area contributed by atoms with Crippen molar-refractivity contribution in [1.82, 2.24) is 0 Å². The normalized spacial score (nSPS) is 15.9. The van der Waals surface area contributed by atoms with Gasteiger partial charge in [0, 0.05) is 0 Å². The summed E-state index contributed by atoms with van der Waals surface area (Å²) in [5.41, 5.74) is 0.418. The van der Waals surface area contributed by atoms with E-state index < -0.39 is 37.1 Å². The second-order valence-electron chi connectivity index (χ2n) is 4.99. The average molecular weight is 342 g/mol. The summed E-state index contributed by atoms with van der Waals surface area (Å²) >= 11 is 0. The molecule has 0 aromatic heterocycles. The molecule has 8 heteroatoms. The van der Waals surface area contributed by atoms with E-state index in [0.29, 0.717) is 0 Å². The van der Waals surface area contributed by atoms with Crippen molar-refractivity contribution < 1.29 is 38.7 Å². The third kappa shape index (κ3) is 7.05. The number of carbonyl (C=O) groups excluding carboxylic acids is 2. The van der Waals surface area contributed by atoms with Crippen molar-refractivity contribution in [3.8, 4) is 0 Å². The second kappa shape index (κ2) is 9.33. The number of benzene rings is 1. The van der Waals surface area contributed by atoms with E-state index >= 15 is 0 Å². The SMILES string of the molecule is CC(O)OC(C)OC(=O)c1ccc(C(=O)OC(C)OC(C)O)cc1. The Hall–Kier alpha value is -2.00. The van der Waals surface area contributed by atoms with Gasteiger partial charge in [0.05, 0.1) is 11.1 Å². The molecule has 0 aliphatic heterocycles. The zero-order chi connectivity index (χ0) is 18.3. The van der Waals surface area contributed by atoms with Gasteiger partial charge in [-0.05, 0) is 52.0 Å². The summed E-state index contributed by atoms with van der Waals surface area (Å²) in [6.45, 7) is 5.74. The fourth-order valence-electron chi connectivity index (χ4n) is 1.79. The lowest BCUT2D eigenvalue weighted by atomic mass is 10.1. The first-order valence-electron chi connectivity index (χ1n) is 7.38. The molecule has 2 N–H and O–H groups in total. The summed E-state index contributed by atoms with van der Waals surface area (Å²) in [6, 6.07) is 5.59. The molecule has 4 unspecified atom stereocenters. The lowest BCUT2D eigenvalue weighted by molar-refractivity contribution is -0.192. The van der Waals surface area contributed by atoms with Crippen LogP contribution in [0.25, 0.3) is 0 Å². The van der Waals surface area contributed by atoms with Crippen LogP contribution in [0, 0.1) is 0 Å². The van der Waals surface area contributed by atoms with Crippen molar-refractivity contribution in [1.29, 1.82) is 0 Å². The van der Waals surface area contributed by atoms with Crippen LogP contribution in [0.15, 0.2) is 24.3 Å². The largest absolute Gasteiger partial charge is 0.432 e. The third-order valence-electron chi connectivity index (χ3n) is 2.68. The first-order chi connectivity index (χ1) is 11.2. The summed E-state index contributed by atoms with van der Waals surface area (Å²) in [5, 5.41) is 18.1. The van der Waals surface area contributed by atoms with Crippen LogP contribution in [0.1, 0.15) is 48.4 Å². The molecule has 4 atom stereocenters. The number of carbonyl (C=O) groups is 2. The standard InChI is InChI=1S/C16H22O8/c1-9(17)21-11(3)23-15(19)13-5-7-14(8-6-13)16(20)24-12(4)22-10(2)18/h5-12,17-18H,1-4H3. The molecular formula is C16H22O8. The van der Waals surface area contributed by atoms with E-state index in [1.165, 1.54) is 52.0 Å². The van der Waals surface area contributed by atoms with Crippen LogP contribution in [-0.4, -0.2) is 47.3 Å². The summed E-state index contributed by atoms with van der Waals surface area (Å²) in [5.74, 6) is -1.32. The van der Waals surface area contributed by atoms with E-state index in [9.17, 15) is 9.59 Å². The molecule has 0 radical (unpaired) electrons. The zero-order valence-corrected chi connectivity index (χ0v) is 14.0. The van der Waals surface area contributed by atoms with Gasteiger partial charge in [-0.25, -0.2) is 9.59 Å². The second-order valence-corrected chi connectivity index (χ2v) is 4.99. The van der Waals surface area contributed by atoms with Crippen molar-refractivity contribution in [2.24, 2.45) is 0 Å². The van der Waals surface area contributed by atoms with Gasteiger partial charge in [0.2, 0.25) is 12.6 Å². The topological polar surface area (TPSA) is 112 Å². The lowest BCUT2D eigenvalue weighted by Gasteiger charge is -2.16. The number of hydrogen-bond donors (Lipinski definition) is 2. The number of aliphatic hydroxyl groups excluding tert-OH is 2. The van der Waals surface area contributed by atoms with Gasteiger partial charge in [0.1, 0.15) is 0 Å². The van der Waals surface area contributed by atoms with Crippen LogP contribution in [0.4, 0.5) is 0 Å². The molecule has 134 valence electrons. The predicted molar refractivity (Wildman–Crippen MR) is 81.7 cm³/mol. The van der Waals surface area contributed by atoms with E-state index in [1.54, 1.807) is 0 Å². The van der Waals surface area contributed by atoms with Crippen LogP contribution in [0.3, 0.4) is 0 Å². The molecule has 24 heavy (non-hydrogen) atoms. The lowest BCUT2D eigenvalue weighted by Crippen LogP contribution is -2.23. The average Bonchev–Trinajstić information content (AvgIpc) is 2.45. The Kier molecular flexibility index (Phi) is 7.80. The van der Waals surface area contributed by atoms with Crippen LogP contribution >= 0.6 is 0 Å². The van der Waals surface area contributed by atoms with E-state index in [4.69, 9.17) is 29.2 Å². The van der Waals surface area contributed by atoms with E-state index in [-0.39, 0.29) is 11.1 Å². The minimum absolute atomic E-state index is 0.209. The number of esters is 2. The Labute approximate surface area is 139 Å². The Balaban J connectivity index is 2.61. The molecule has 0 saturated carbocycles. The molecule has 8 nitrogen and oxygen atoms in total. The first-order valence-corrected chi connectivity index (χ1v) is 7.38. The Morgan fingerprint density at radius 3 is 1.29 bits per heavy atom. The van der Waals surface area contributed by atoms with Crippen LogP contribution in [-0.2, 0) is 18.9 Å². The van der Waals surface area contributed by atoms with Crippen molar-refractivity contribution in [3.05, 3.63) is 35.4 Å².